The molecule has 0 fully saturated rings. The van der Waals surface area contributed by atoms with Gasteiger partial charge in [0.05, 0.1) is 24.6 Å². The minimum Gasteiger partial charge on any atom is -0.411 e. The average molecular weight is 357 g/mol. The Bertz CT molecular complexity index is 467. The van der Waals surface area contributed by atoms with Gasteiger partial charge in [-0.05, 0) is 42.3 Å². The van der Waals surface area contributed by atoms with Gasteiger partial charge in [-0.2, -0.15) is 5.10 Å². The Morgan fingerprint density at radius 3 is 1.74 bits per heavy atom. The fourth-order valence-electron chi connectivity index (χ4n) is 1.50. The van der Waals surface area contributed by atoms with E-state index in [2.05, 4.69) is 84.0 Å². The molecule has 0 saturated carbocycles. The SMILES string of the molecule is CC(C)(C)[Si](C)(C)OCc1cc(CO[Si](C)(C)C(C)(C)C)[nH]n1. The molecule has 1 rings (SSSR count). The molecule has 0 aromatic carbocycles. The van der Waals surface area contributed by atoms with Crippen molar-refractivity contribution in [1.82, 2.24) is 10.2 Å². The summed E-state index contributed by atoms with van der Waals surface area (Å²) in [5.41, 5.74) is 1.99. The minimum atomic E-state index is -1.73. The molecule has 1 aromatic heterocycles. The van der Waals surface area contributed by atoms with Crippen molar-refractivity contribution in [2.45, 2.75) is 91.0 Å². The fourth-order valence-corrected chi connectivity index (χ4v) is 3.39. The smallest absolute Gasteiger partial charge is 0.192 e. The van der Waals surface area contributed by atoms with Gasteiger partial charge in [0.2, 0.25) is 0 Å². The van der Waals surface area contributed by atoms with Crippen LogP contribution in [0.3, 0.4) is 0 Å². The summed E-state index contributed by atoms with van der Waals surface area (Å²) in [5, 5.41) is 7.90. The molecule has 0 bridgehead atoms. The average Bonchev–Trinajstić information content (AvgIpc) is 2.79. The molecule has 0 radical (unpaired) electrons. The molecular formula is C17H36N2O2Si2. The van der Waals surface area contributed by atoms with Crippen LogP contribution in [-0.2, 0) is 22.1 Å². The lowest BCUT2D eigenvalue weighted by Crippen LogP contribution is -2.40. The number of rotatable bonds is 6. The van der Waals surface area contributed by atoms with Crippen molar-refractivity contribution in [2.75, 3.05) is 0 Å². The Balaban J connectivity index is 2.60. The van der Waals surface area contributed by atoms with Crippen LogP contribution in [0.5, 0.6) is 0 Å². The summed E-state index contributed by atoms with van der Waals surface area (Å²) in [7, 11) is -3.45. The van der Waals surface area contributed by atoms with Crippen LogP contribution in [0.2, 0.25) is 36.3 Å². The third-order valence-corrected chi connectivity index (χ3v) is 14.4. The number of H-pyrrole nitrogens is 1. The van der Waals surface area contributed by atoms with Crippen LogP contribution in [-0.4, -0.2) is 26.8 Å². The maximum Gasteiger partial charge on any atom is 0.192 e. The third kappa shape index (κ3) is 5.55. The van der Waals surface area contributed by atoms with E-state index in [0.717, 1.165) is 11.4 Å². The minimum absolute atomic E-state index is 0.220. The van der Waals surface area contributed by atoms with E-state index in [1.54, 1.807) is 0 Å². The Kier molecular flexibility index (Phi) is 6.11. The van der Waals surface area contributed by atoms with Crippen LogP contribution in [0.15, 0.2) is 6.07 Å². The Labute approximate surface area is 144 Å². The summed E-state index contributed by atoms with van der Waals surface area (Å²) in [5.74, 6) is 0. The Morgan fingerprint density at radius 1 is 0.870 bits per heavy atom. The normalized spacial score (nSPS) is 14.3. The summed E-state index contributed by atoms with van der Waals surface area (Å²) in [6, 6.07) is 2.07. The number of aromatic amines is 1. The maximum atomic E-state index is 6.23. The predicted octanol–water partition coefficient (Wildman–Crippen LogP) is 5.45. The van der Waals surface area contributed by atoms with E-state index in [4.69, 9.17) is 8.85 Å². The molecule has 23 heavy (non-hydrogen) atoms. The molecular weight excluding hydrogens is 320 g/mol. The first-order valence-corrected chi connectivity index (χ1v) is 14.3. The van der Waals surface area contributed by atoms with Crippen molar-refractivity contribution in [3.05, 3.63) is 17.5 Å². The van der Waals surface area contributed by atoms with E-state index in [0.29, 0.717) is 13.2 Å². The number of hydrogen-bond acceptors (Lipinski definition) is 3. The van der Waals surface area contributed by atoms with Gasteiger partial charge in [-0.3, -0.25) is 5.10 Å². The van der Waals surface area contributed by atoms with Crippen LogP contribution < -0.4 is 0 Å². The maximum absolute atomic E-state index is 6.23. The molecule has 6 heteroatoms. The van der Waals surface area contributed by atoms with Gasteiger partial charge >= 0.3 is 0 Å². The standard InChI is InChI=1S/C17H36N2O2Si2/c1-16(2,3)22(7,8)20-12-14-11-15(19-18-14)13-21-23(9,10)17(4,5)6/h11H,12-13H2,1-10H3,(H,18,19). The molecule has 1 aromatic rings. The summed E-state index contributed by atoms with van der Waals surface area (Å²) in [6.07, 6.45) is 0. The van der Waals surface area contributed by atoms with E-state index >= 15 is 0 Å². The zero-order chi connectivity index (χ0) is 18.1. The first-order valence-electron chi connectivity index (χ1n) is 8.47. The molecule has 0 atom stereocenters. The van der Waals surface area contributed by atoms with Crippen LogP contribution in [0.1, 0.15) is 52.9 Å². The molecule has 134 valence electrons. The van der Waals surface area contributed by atoms with Gasteiger partial charge in [0.15, 0.2) is 16.6 Å². The third-order valence-electron chi connectivity index (χ3n) is 5.47. The Morgan fingerprint density at radius 2 is 1.30 bits per heavy atom. The van der Waals surface area contributed by atoms with E-state index in [-0.39, 0.29) is 10.1 Å². The molecule has 0 aliphatic rings. The zero-order valence-corrected chi connectivity index (χ0v) is 18.8. The summed E-state index contributed by atoms with van der Waals surface area (Å²) in [6.45, 7) is 23.8. The lowest BCUT2D eigenvalue weighted by atomic mass is 10.2. The van der Waals surface area contributed by atoms with Gasteiger partial charge in [0.1, 0.15) is 0 Å². The van der Waals surface area contributed by atoms with E-state index < -0.39 is 16.6 Å². The molecule has 0 aliphatic carbocycles. The molecule has 0 amide bonds. The second-order valence-electron chi connectivity index (χ2n) is 9.48. The van der Waals surface area contributed by atoms with Gasteiger partial charge in [0, 0.05) is 0 Å². The highest BCUT2D eigenvalue weighted by atomic mass is 28.4. The number of nitrogens with zero attached hydrogens (tertiary/aromatic N) is 1. The molecule has 1 N–H and O–H groups in total. The number of nitrogens with one attached hydrogen (secondary N) is 1. The quantitative estimate of drug-likeness (QED) is 0.689. The second kappa shape index (κ2) is 6.82. The number of aromatic nitrogens is 2. The number of hydrogen-bond donors (Lipinski definition) is 1. The highest BCUT2D eigenvalue weighted by molar-refractivity contribution is 6.74. The van der Waals surface area contributed by atoms with Crippen molar-refractivity contribution in [3.63, 3.8) is 0 Å². The van der Waals surface area contributed by atoms with Crippen molar-refractivity contribution in [2.24, 2.45) is 0 Å². The van der Waals surface area contributed by atoms with Crippen molar-refractivity contribution < 1.29 is 8.85 Å². The molecule has 0 unspecified atom stereocenters. The summed E-state index contributed by atoms with van der Waals surface area (Å²) >= 11 is 0. The van der Waals surface area contributed by atoms with Crippen molar-refractivity contribution in [1.29, 1.82) is 0 Å². The topological polar surface area (TPSA) is 47.1 Å². The first kappa shape index (κ1) is 20.6. The van der Waals surface area contributed by atoms with Gasteiger partial charge in [-0.1, -0.05) is 41.5 Å². The van der Waals surface area contributed by atoms with Gasteiger partial charge in [-0.25, -0.2) is 0 Å². The van der Waals surface area contributed by atoms with Crippen molar-refractivity contribution in [3.8, 4) is 0 Å². The Hall–Kier alpha value is -0.436. The van der Waals surface area contributed by atoms with E-state index in [1.807, 2.05) is 0 Å². The monoisotopic (exact) mass is 356 g/mol. The van der Waals surface area contributed by atoms with Crippen LogP contribution >= 0.6 is 0 Å². The summed E-state index contributed by atoms with van der Waals surface area (Å²) < 4.78 is 12.4. The molecule has 0 saturated heterocycles. The molecule has 0 spiro atoms. The van der Waals surface area contributed by atoms with Gasteiger partial charge < -0.3 is 8.85 Å². The van der Waals surface area contributed by atoms with E-state index in [9.17, 15) is 0 Å². The van der Waals surface area contributed by atoms with Gasteiger partial charge in [-0.15, -0.1) is 0 Å². The van der Waals surface area contributed by atoms with Crippen LogP contribution in [0.25, 0.3) is 0 Å². The predicted molar refractivity (Wildman–Crippen MR) is 103 cm³/mol. The lowest BCUT2D eigenvalue weighted by Gasteiger charge is -2.36. The van der Waals surface area contributed by atoms with Crippen LogP contribution in [0, 0.1) is 0 Å². The lowest BCUT2D eigenvalue weighted by molar-refractivity contribution is 0.271. The van der Waals surface area contributed by atoms with E-state index in [1.165, 1.54) is 0 Å². The largest absolute Gasteiger partial charge is 0.411 e. The molecule has 4 nitrogen and oxygen atoms in total. The summed E-state index contributed by atoms with van der Waals surface area (Å²) in [4.78, 5) is 0. The van der Waals surface area contributed by atoms with Gasteiger partial charge in [0.25, 0.3) is 0 Å². The molecule has 0 aliphatic heterocycles. The first-order chi connectivity index (χ1) is 10.2. The van der Waals surface area contributed by atoms with Crippen LogP contribution in [0.4, 0.5) is 0 Å². The second-order valence-corrected chi connectivity index (χ2v) is 19.1. The highest BCUT2D eigenvalue weighted by Gasteiger charge is 2.38. The molecule has 1 heterocycles. The highest BCUT2D eigenvalue weighted by Crippen LogP contribution is 2.38. The zero-order valence-electron chi connectivity index (χ0n) is 16.8. The van der Waals surface area contributed by atoms with Crippen molar-refractivity contribution >= 4 is 16.6 Å². The fraction of sp³-hybridized carbons (Fsp3) is 0.824.